The Labute approximate surface area is 92.8 Å². The van der Waals surface area contributed by atoms with E-state index in [1.165, 1.54) is 11.5 Å². The van der Waals surface area contributed by atoms with Crippen LogP contribution in [0.5, 0.6) is 0 Å². The Bertz CT molecular complexity index is 373. The highest BCUT2D eigenvalue weighted by Gasteiger charge is 2.24. The average Bonchev–Trinajstić information content (AvgIpc) is 2.88. The minimum Gasteiger partial charge on any atom is -0.495 e. The Morgan fingerprint density at radius 1 is 1.53 bits per heavy atom. The Kier molecular flexibility index (Phi) is 3.02. The van der Waals surface area contributed by atoms with Crippen molar-refractivity contribution < 1.29 is 9.84 Å². The predicted molar refractivity (Wildman–Crippen MR) is 57.6 cm³/mol. The summed E-state index contributed by atoms with van der Waals surface area (Å²) in [6, 6.07) is 0. The van der Waals surface area contributed by atoms with Gasteiger partial charge in [0, 0.05) is 6.42 Å². The monoisotopic (exact) mass is 226 g/mol. The fraction of sp³-hybridized carbons (Fsp3) is 0.600. The second-order valence-electron chi connectivity index (χ2n) is 3.82. The van der Waals surface area contributed by atoms with Crippen LogP contribution in [-0.2, 0) is 4.74 Å². The standard InChI is InChI=1S/C10H14N2O2S/c1-6(2)8-10(15-12-11-8)9(13)7-4-3-5-14-7/h4,6,9,13H,3,5H2,1-2H3. The molecular weight excluding hydrogens is 212 g/mol. The van der Waals surface area contributed by atoms with Crippen LogP contribution in [0.2, 0.25) is 0 Å². The molecule has 15 heavy (non-hydrogen) atoms. The summed E-state index contributed by atoms with van der Waals surface area (Å²) in [5.41, 5.74) is 0.865. The predicted octanol–water partition coefficient (Wildman–Crippen LogP) is 2.00. The summed E-state index contributed by atoms with van der Waals surface area (Å²) in [5, 5.41) is 14.1. The van der Waals surface area contributed by atoms with E-state index in [4.69, 9.17) is 4.74 Å². The van der Waals surface area contributed by atoms with Crippen LogP contribution in [0.15, 0.2) is 11.8 Å². The number of hydrogen-bond acceptors (Lipinski definition) is 5. The smallest absolute Gasteiger partial charge is 0.148 e. The number of rotatable bonds is 3. The van der Waals surface area contributed by atoms with Crippen molar-refractivity contribution in [2.75, 3.05) is 6.61 Å². The van der Waals surface area contributed by atoms with Gasteiger partial charge in [-0.3, -0.25) is 0 Å². The van der Waals surface area contributed by atoms with Gasteiger partial charge in [0.15, 0.2) is 0 Å². The third-order valence-electron chi connectivity index (χ3n) is 2.34. The van der Waals surface area contributed by atoms with Gasteiger partial charge in [-0.05, 0) is 23.5 Å². The molecule has 1 aliphatic heterocycles. The molecule has 2 heterocycles. The molecular formula is C10H14N2O2S. The van der Waals surface area contributed by atoms with Crippen molar-refractivity contribution >= 4 is 11.5 Å². The van der Waals surface area contributed by atoms with Crippen molar-refractivity contribution in [3.05, 3.63) is 22.4 Å². The maximum Gasteiger partial charge on any atom is 0.148 e. The van der Waals surface area contributed by atoms with Crippen LogP contribution in [0.25, 0.3) is 0 Å². The molecule has 5 heteroatoms. The molecule has 0 saturated carbocycles. The van der Waals surface area contributed by atoms with Crippen molar-refractivity contribution in [2.45, 2.75) is 32.3 Å². The first kappa shape index (κ1) is 10.6. The molecule has 0 bridgehead atoms. The molecule has 1 atom stereocenters. The van der Waals surface area contributed by atoms with Crippen molar-refractivity contribution in [1.82, 2.24) is 9.59 Å². The average molecular weight is 226 g/mol. The quantitative estimate of drug-likeness (QED) is 0.856. The number of nitrogens with zero attached hydrogens (tertiary/aromatic N) is 2. The van der Waals surface area contributed by atoms with Gasteiger partial charge in [-0.2, -0.15) is 0 Å². The molecule has 0 spiro atoms. The van der Waals surface area contributed by atoms with Crippen LogP contribution < -0.4 is 0 Å². The number of hydrogen-bond donors (Lipinski definition) is 1. The first-order chi connectivity index (χ1) is 7.20. The Morgan fingerprint density at radius 3 is 2.93 bits per heavy atom. The number of aliphatic hydroxyl groups is 1. The van der Waals surface area contributed by atoms with Crippen LogP contribution in [0, 0.1) is 0 Å². The lowest BCUT2D eigenvalue weighted by Gasteiger charge is -2.12. The summed E-state index contributed by atoms with van der Waals surface area (Å²) >= 11 is 1.24. The lowest BCUT2D eigenvalue weighted by atomic mass is 10.1. The molecule has 4 nitrogen and oxygen atoms in total. The summed E-state index contributed by atoms with van der Waals surface area (Å²) in [6.07, 6.45) is 2.11. The van der Waals surface area contributed by atoms with Crippen molar-refractivity contribution in [2.24, 2.45) is 0 Å². The largest absolute Gasteiger partial charge is 0.495 e. The molecule has 0 fully saturated rings. The molecule has 0 aliphatic carbocycles. The lowest BCUT2D eigenvalue weighted by Crippen LogP contribution is -2.04. The Hall–Kier alpha value is -0.940. The van der Waals surface area contributed by atoms with E-state index in [1.807, 2.05) is 19.9 Å². The highest BCUT2D eigenvalue weighted by Crippen LogP contribution is 2.32. The van der Waals surface area contributed by atoms with Crippen LogP contribution in [0.3, 0.4) is 0 Å². The van der Waals surface area contributed by atoms with Crippen molar-refractivity contribution in [1.29, 1.82) is 0 Å². The summed E-state index contributed by atoms with van der Waals surface area (Å²) < 4.78 is 9.22. The summed E-state index contributed by atoms with van der Waals surface area (Å²) in [7, 11) is 0. The molecule has 1 aromatic rings. The van der Waals surface area contributed by atoms with E-state index >= 15 is 0 Å². The normalized spacial score (nSPS) is 17.7. The molecule has 82 valence electrons. The summed E-state index contributed by atoms with van der Waals surface area (Å²) in [5.74, 6) is 0.915. The van der Waals surface area contributed by atoms with Gasteiger partial charge in [-0.15, -0.1) is 5.10 Å². The van der Waals surface area contributed by atoms with Gasteiger partial charge in [0.2, 0.25) is 0 Å². The van der Waals surface area contributed by atoms with Gasteiger partial charge in [0.25, 0.3) is 0 Å². The second-order valence-corrected chi connectivity index (χ2v) is 4.61. The third kappa shape index (κ3) is 2.03. The lowest BCUT2D eigenvalue weighted by molar-refractivity contribution is 0.120. The molecule has 1 unspecified atom stereocenters. The SMILES string of the molecule is CC(C)c1nnsc1C(O)C1=CCCO1. The van der Waals surface area contributed by atoms with Gasteiger partial charge in [-0.1, -0.05) is 18.3 Å². The molecule has 0 aromatic carbocycles. The minimum atomic E-state index is -0.690. The van der Waals surface area contributed by atoms with Gasteiger partial charge >= 0.3 is 0 Å². The zero-order valence-corrected chi connectivity index (χ0v) is 9.62. The molecule has 1 aromatic heterocycles. The van der Waals surface area contributed by atoms with Crippen molar-refractivity contribution in [3.63, 3.8) is 0 Å². The zero-order chi connectivity index (χ0) is 10.8. The summed E-state index contributed by atoms with van der Waals surface area (Å²) in [6.45, 7) is 4.74. The highest BCUT2D eigenvalue weighted by atomic mass is 32.1. The van der Waals surface area contributed by atoms with Gasteiger partial charge in [0.1, 0.15) is 11.9 Å². The van der Waals surface area contributed by atoms with E-state index in [2.05, 4.69) is 9.59 Å². The van der Waals surface area contributed by atoms with Crippen LogP contribution in [0.1, 0.15) is 42.9 Å². The summed E-state index contributed by atoms with van der Waals surface area (Å²) in [4.78, 5) is 0.804. The molecule has 1 N–H and O–H groups in total. The molecule has 2 rings (SSSR count). The molecule has 1 aliphatic rings. The fourth-order valence-electron chi connectivity index (χ4n) is 1.55. The van der Waals surface area contributed by atoms with E-state index in [9.17, 15) is 5.11 Å². The Balaban J connectivity index is 2.24. The van der Waals surface area contributed by atoms with E-state index in [-0.39, 0.29) is 5.92 Å². The van der Waals surface area contributed by atoms with Gasteiger partial charge < -0.3 is 9.84 Å². The molecule has 0 radical (unpaired) electrons. The zero-order valence-electron chi connectivity index (χ0n) is 8.80. The van der Waals surface area contributed by atoms with Crippen molar-refractivity contribution in [3.8, 4) is 0 Å². The molecule has 0 saturated heterocycles. The molecule has 0 amide bonds. The first-order valence-electron chi connectivity index (χ1n) is 5.03. The third-order valence-corrected chi connectivity index (χ3v) is 3.13. The maximum absolute atomic E-state index is 10.1. The topological polar surface area (TPSA) is 55.2 Å². The number of ether oxygens (including phenoxy) is 1. The van der Waals surface area contributed by atoms with E-state index in [0.717, 1.165) is 17.0 Å². The van der Waals surface area contributed by atoms with E-state index < -0.39 is 6.10 Å². The van der Waals surface area contributed by atoms with Crippen LogP contribution >= 0.6 is 11.5 Å². The maximum atomic E-state index is 10.1. The van der Waals surface area contributed by atoms with E-state index in [0.29, 0.717) is 12.4 Å². The minimum absolute atomic E-state index is 0.274. The van der Waals surface area contributed by atoms with E-state index in [1.54, 1.807) is 0 Å². The Morgan fingerprint density at radius 2 is 2.33 bits per heavy atom. The fourth-order valence-corrected chi connectivity index (χ4v) is 2.35. The second kappa shape index (κ2) is 4.28. The van der Waals surface area contributed by atoms with Crippen LogP contribution in [0.4, 0.5) is 0 Å². The number of aromatic nitrogens is 2. The highest BCUT2D eigenvalue weighted by molar-refractivity contribution is 7.05. The van der Waals surface area contributed by atoms with Gasteiger partial charge in [0.05, 0.1) is 17.2 Å². The van der Waals surface area contributed by atoms with Gasteiger partial charge in [-0.25, -0.2) is 0 Å². The van der Waals surface area contributed by atoms with Crippen LogP contribution in [-0.4, -0.2) is 21.3 Å². The first-order valence-corrected chi connectivity index (χ1v) is 5.80. The number of aliphatic hydroxyl groups excluding tert-OH is 1.